The van der Waals surface area contributed by atoms with Gasteiger partial charge in [0.15, 0.2) is 0 Å². The SMILES string of the molecule is Cc1cccc(-c2ccc3c4ccc(-c5cccc(C)c5)cc4n(-c4cc(-c5cccc(-c6ccccc6)n5)cc(-n5c6cc(-c7cccc(C)c7)ccc6c6ccc(-c7cccc(C)c7)cc65)c4C(F)(F)F)c3c2)c1. The molecule has 0 unspecified atom stereocenters. The van der Waals surface area contributed by atoms with Gasteiger partial charge in [-0.3, -0.25) is 0 Å². The van der Waals surface area contributed by atoms with Crippen LogP contribution < -0.4 is 0 Å². The number of fused-ring (bicyclic) bond motifs is 6. The number of nitrogens with zero attached hydrogens (tertiary/aromatic N) is 3. The minimum absolute atomic E-state index is 0.00521. The number of pyridine rings is 1. The Kier molecular flexibility index (Phi) is 11.2. The zero-order valence-electron chi connectivity index (χ0n) is 42.4. The Morgan fingerprint density at radius 1 is 0.289 bits per heavy atom. The second-order valence-electron chi connectivity index (χ2n) is 20.2. The van der Waals surface area contributed by atoms with E-state index in [9.17, 15) is 0 Å². The predicted octanol–water partition coefficient (Wildman–Crippen LogP) is 19.5. The van der Waals surface area contributed by atoms with Crippen LogP contribution in [0.4, 0.5) is 13.2 Å². The molecule has 76 heavy (non-hydrogen) atoms. The van der Waals surface area contributed by atoms with E-state index in [1.54, 1.807) is 12.1 Å². The molecule has 0 saturated heterocycles. The van der Waals surface area contributed by atoms with E-state index in [0.29, 0.717) is 39.0 Å². The molecule has 0 radical (unpaired) electrons. The molecular weight excluding hydrogens is 940 g/mol. The average molecular weight is 990 g/mol. The van der Waals surface area contributed by atoms with E-state index < -0.39 is 11.7 Å². The lowest BCUT2D eigenvalue weighted by atomic mass is 10.00. The molecule has 3 aromatic heterocycles. The Hall–Kier alpha value is -9.26. The summed E-state index contributed by atoms with van der Waals surface area (Å²) in [4.78, 5) is 5.25. The third kappa shape index (κ3) is 8.23. The first-order valence-corrected chi connectivity index (χ1v) is 25.7. The first-order chi connectivity index (χ1) is 36.9. The Labute approximate surface area is 439 Å². The van der Waals surface area contributed by atoms with Crippen LogP contribution in [0.1, 0.15) is 27.8 Å². The third-order valence-corrected chi connectivity index (χ3v) is 14.9. The van der Waals surface area contributed by atoms with Gasteiger partial charge >= 0.3 is 6.18 Å². The molecule has 0 spiro atoms. The fourth-order valence-corrected chi connectivity index (χ4v) is 11.3. The predicted molar refractivity (Wildman–Crippen MR) is 309 cm³/mol. The summed E-state index contributed by atoms with van der Waals surface area (Å²) in [5, 5.41) is 3.37. The molecule has 0 atom stereocenters. The number of aryl methyl sites for hydroxylation is 4. The van der Waals surface area contributed by atoms with Crippen LogP contribution in [-0.2, 0) is 6.18 Å². The van der Waals surface area contributed by atoms with Crippen molar-refractivity contribution in [3.8, 4) is 78.4 Å². The third-order valence-electron chi connectivity index (χ3n) is 14.9. The molecule has 0 aliphatic heterocycles. The number of rotatable bonds is 8. The molecule has 366 valence electrons. The summed E-state index contributed by atoms with van der Waals surface area (Å²) in [6, 6.07) is 76.9. The molecule has 0 aliphatic carbocycles. The van der Waals surface area contributed by atoms with Crippen molar-refractivity contribution in [2.45, 2.75) is 33.9 Å². The molecule has 0 aliphatic rings. The number of benzene rings is 10. The summed E-state index contributed by atoms with van der Waals surface area (Å²) in [6.45, 7) is 8.21. The fraction of sp³-hybridized carbons (Fsp3) is 0.0714. The van der Waals surface area contributed by atoms with Crippen LogP contribution in [0.3, 0.4) is 0 Å². The van der Waals surface area contributed by atoms with E-state index in [2.05, 4.69) is 173 Å². The van der Waals surface area contributed by atoms with Crippen molar-refractivity contribution < 1.29 is 13.2 Å². The van der Waals surface area contributed by atoms with Crippen LogP contribution in [-0.4, -0.2) is 14.1 Å². The molecule has 13 aromatic rings. The van der Waals surface area contributed by atoms with Gasteiger partial charge in [-0.2, -0.15) is 13.2 Å². The molecule has 0 bridgehead atoms. The lowest BCUT2D eigenvalue weighted by Crippen LogP contribution is -2.16. The van der Waals surface area contributed by atoms with Gasteiger partial charge in [0.2, 0.25) is 0 Å². The van der Waals surface area contributed by atoms with Crippen molar-refractivity contribution in [3.05, 3.63) is 258 Å². The summed E-state index contributed by atoms with van der Waals surface area (Å²) < 4.78 is 56.0. The molecular formula is C70H50F3N3. The second-order valence-corrected chi connectivity index (χ2v) is 20.2. The van der Waals surface area contributed by atoms with Gasteiger partial charge < -0.3 is 9.13 Å². The van der Waals surface area contributed by atoms with Crippen molar-refractivity contribution >= 4 is 43.6 Å². The van der Waals surface area contributed by atoms with Gasteiger partial charge in [-0.25, -0.2) is 4.98 Å². The topological polar surface area (TPSA) is 22.8 Å². The molecule has 0 saturated carbocycles. The number of halogens is 3. The maximum absolute atomic E-state index is 17.4. The summed E-state index contributed by atoms with van der Waals surface area (Å²) in [6.07, 6.45) is -4.88. The largest absolute Gasteiger partial charge is 0.420 e. The number of hydrogen-bond acceptors (Lipinski definition) is 1. The molecule has 13 rings (SSSR count). The van der Waals surface area contributed by atoms with Crippen molar-refractivity contribution in [2.75, 3.05) is 0 Å². The summed E-state index contributed by atoms with van der Waals surface area (Å²) in [7, 11) is 0. The highest BCUT2D eigenvalue weighted by atomic mass is 19.4. The Bertz CT molecular complexity index is 4000. The highest BCUT2D eigenvalue weighted by Crippen LogP contribution is 2.48. The normalized spacial score (nSPS) is 11.9. The highest BCUT2D eigenvalue weighted by molar-refractivity contribution is 6.13. The summed E-state index contributed by atoms with van der Waals surface area (Å²) in [5.74, 6) is 0. The van der Waals surface area contributed by atoms with E-state index in [1.807, 2.05) is 81.9 Å². The summed E-state index contributed by atoms with van der Waals surface area (Å²) in [5.41, 5.74) is 16.4. The molecule has 3 nitrogen and oxygen atoms in total. The van der Waals surface area contributed by atoms with Crippen LogP contribution in [0.5, 0.6) is 0 Å². The summed E-state index contributed by atoms with van der Waals surface area (Å²) >= 11 is 0. The van der Waals surface area contributed by atoms with E-state index in [-0.39, 0.29) is 11.4 Å². The Balaban J connectivity index is 1.20. The van der Waals surface area contributed by atoms with Crippen LogP contribution in [0, 0.1) is 27.7 Å². The number of alkyl halides is 3. The lowest BCUT2D eigenvalue weighted by Gasteiger charge is -2.23. The van der Waals surface area contributed by atoms with Gasteiger partial charge in [0, 0.05) is 32.7 Å². The fourth-order valence-electron chi connectivity index (χ4n) is 11.3. The first-order valence-electron chi connectivity index (χ1n) is 25.7. The Morgan fingerprint density at radius 3 is 0.921 bits per heavy atom. The van der Waals surface area contributed by atoms with Gasteiger partial charge in [-0.05, 0) is 121 Å². The molecule has 0 N–H and O–H groups in total. The minimum Gasteiger partial charge on any atom is -0.308 e. The number of hydrogen-bond donors (Lipinski definition) is 0. The molecule has 6 heteroatoms. The quantitative estimate of drug-likeness (QED) is 0.149. The standard InChI is InChI=1S/C70H50F3N3/c1-43-13-8-19-48(33-43)52-25-29-57-58-30-26-53(49-20-9-14-44(2)34-49)38-64(58)75(63(57)37-52)67-41-56(62-24-12-23-61(74-62)47-17-6-5-7-18-47)42-68(69(67)70(71,72)73)76-65-39-54(50-21-10-15-45(3)35-50)27-31-59(65)60-32-28-55(40-66(60)76)51-22-11-16-46(4)36-51/h5-42H,1-4H3. The van der Waals surface area contributed by atoms with Crippen LogP contribution in [0.25, 0.3) is 122 Å². The zero-order chi connectivity index (χ0) is 51.8. The minimum atomic E-state index is -4.88. The maximum atomic E-state index is 17.4. The molecule has 10 aromatic carbocycles. The monoisotopic (exact) mass is 989 g/mol. The Morgan fingerprint density at radius 2 is 0.592 bits per heavy atom. The van der Waals surface area contributed by atoms with Crippen LogP contribution >= 0.6 is 0 Å². The smallest absolute Gasteiger partial charge is 0.308 e. The highest BCUT2D eigenvalue weighted by Gasteiger charge is 2.40. The maximum Gasteiger partial charge on any atom is 0.420 e. The van der Waals surface area contributed by atoms with Crippen LogP contribution in [0.2, 0.25) is 0 Å². The van der Waals surface area contributed by atoms with Gasteiger partial charge in [0.05, 0.1) is 44.8 Å². The van der Waals surface area contributed by atoms with Gasteiger partial charge in [-0.15, -0.1) is 0 Å². The lowest BCUT2D eigenvalue weighted by molar-refractivity contribution is -0.137. The van der Waals surface area contributed by atoms with Gasteiger partial charge in [-0.1, -0.05) is 204 Å². The van der Waals surface area contributed by atoms with E-state index in [0.717, 1.165) is 93.9 Å². The van der Waals surface area contributed by atoms with Crippen molar-refractivity contribution in [1.29, 1.82) is 0 Å². The van der Waals surface area contributed by atoms with Crippen molar-refractivity contribution in [3.63, 3.8) is 0 Å². The molecule has 3 heterocycles. The van der Waals surface area contributed by atoms with E-state index >= 15 is 13.2 Å². The number of aromatic nitrogens is 3. The van der Waals surface area contributed by atoms with Crippen LogP contribution in [0.15, 0.2) is 231 Å². The van der Waals surface area contributed by atoms with E-state index in [1.165, 1.54) is 0 Å². The first kappa shape index (κ1) is 46.5. The van der Waals surface area contributed by atoms with E-state index in [4.69, 9.17) is 4.98 Å². The van der Waals surface area contributed by atoms with Gasteiger partial charge in [0.1, 0.15) is 5.56 Å². The molecule has 0 amide bonds. The zero-order valence-corrected chi connectivity index (χ0v) is 42.4. The molecule has 0 fully saturated rings. The van der Waals surface area contributed by atoms with Gasteiger partial charge in [0.25, 0.3) is 0 Å². The second kappa shape index (κ2) is 18.3. The average Bonchev–Trinajstić information content (AvgIpc) is 4.04. The van der Waals surface area contributed by atoms with Crippen molar-refractivity contribution in [2.24, 2.45) is 0 Å². The van der Waals surface area contributed by atoms with Crippen molar-refractivity contribution in [1.82, 2.24) is 14.1 Å².